The summed E-state index contributed by atoms with van der Waals surface area (Å²) in [6, 6.07) is 6.81. The summed E-state index contributed by atoms with van der Waals surface area (Å²) in [6.45, 7) is 2.90. The van der Waals surface area contributed by atoms with Crippen molar-refractivity contribution >= 4 is 44.9 Å². The van der Waals surface area contributed by atoms with Crippen LogP contribution in [0.25, 0.3) is 0 Å². The first-order valence-corrected chi connectivity index (χ1v) is 9.07. The van der Waals surface area contributed by atoms with Crippen LogP contribution in [0.15, 0.2) is 35.1 Å². The fourth-order valence-electron chi connectivity index (χ4n) is 3.50. The summed E-state index contributed by atoms with van der Waals surface area (Å²) >= 11 is 15.7. The number of nitrogens with zero attached hydrogens (tertiary/aromatic N) is 4. The molecule has 120 valence electrons. The Kier molecular flexibility index (Phi) is 4.22. The van der Waals surface area contributed by atoms with E-state index in [1.54, 1.807) is 12.3 Å². The molecule has 5 rings (SSSR count). The van der Waals surface area contributed by atoms with Crippen molar-refractivity contribution in [2.45, 2.75) is 25.0 Å². The van der Waals surface area contributed by atoms with Crippen molar-refractivity contribution in [1.29, 1.82) is 0 Å². The number of hydrogen-bond donors (Lipinski definition) is 0. The Morgan fingerprint density at radius 3 is 2.57 bits per heavy atom. The van der Waals surface area contributed by atoms with E-state index in [0.29, 0.717) is 22.1 Å². The zero-order valence-electron chi connectivity index (χ0n) is 12.3. The van der Waals surface area contributed by atoms with Gasteiger partial charge in [-0.05, 0) is 40.5 Å². The van der Waals surface area contributed by atoms with Gasteiger partial charge in [0.1, 0.15) is 5.82 Å². The van der Waals surface area contributed by atoms with E-state index in [0.717, 1.165) is 35.6 Å². The highest BCUT2D eigenvalue weighted by atomic mass is 79.9. The highest BCUT2D eigenvalue weighted by molar-refractivity contribution is 9.10. The summed E-state index contributed by atoms with van der Waals surface area (Å²) in [7, 11) is 0. The molecule has 4 nitrogen and oxygen atoms in total. The predicted molar refractivity (Wildman–Crippen MR) is 96.1 cm³/mol. The third kappa shape index (κ3) is 3.07. The number of aromatic nitrogens is 2. The smallest absolute Gasteiger partial charge is 0.148 e. The van der Waals surface area contributed by atoms with E-state index in [-0.39, 0.29) is 0 Å². The summed E-state index contributed by atoms with van der Waals surface area (Å²) < 4.78 is 1.01. The highest BCUT2D eigenvalue weighted by Crippen LogP contribution is 2.39. The monoisotopic (exact) mass is 412 g/mol. The molecule has 0 spiro atoms. The van der Waals surface area contributed by atoms with Crippen LogP contribution in [-0.4, -0.2) is 40.0 Å². The van der Waals surface area contributed by atoms with Crippen LogP contribution < -0.4 is 4.90 Å². The Bertz CT molecular complexity index is 713. The second-order valence-electron chi connectivity index (χ2n) is 6.07. The molecule has 3 aliphatic rings. The normalized spacial score (nSPS) is 23.7. The van der Waals surface area contributed by atoms with Gasteiger partial charge in [0.05, 0.1) is 15.7 Å². The summed E-state index contributed by atoms with van der Waals surface area (Å²) in [4.78, 5) is 13.7. The van der Waals surface area contributed by atoms with E-state index in [2.05, 4.69) is 41.8 Å². The topological polar surface area (TPSA) is 32.3 Å². The number of pyridine rings is 2. The second kappa shape index (κ2) is 6.20. The lowest BCUT2D eigenvalue weighted by Gasteiger charge is -2.57. The van der Waals surface area contributed by atoms with E-state index in [1.165, 1.54) is 6.42 Å². The predicted octanol–water partition coefficient (Wildman–Crippen LogP) is 4.01. The molecule has 2 aromatic rings. The number of rotatable bonds is 3. The van der Waals surface area contributed by atoms with Crippen molar-refractivity contribution < 1.29 is 0 Å². The summed E-state index contributed by atoms with van der Waals surface area (Å²) in [5.74, 6) is 0.860. The molecule has 3 saturated heterocycles. The first kappa shape index (κ1) is 15.6. The van der Waals surface area contributed by atoms with E-state index in [4.69, 9.17) is 23.2 Å². The van der Waals surface area contributed by atoms with Crippen molar-refractivity contribution in [1.82, 2.24) is 14.9 Å². The van der Waals surface area contributed by atoms with Gasteiger partial charge in [0.15, 0.2) is 0 Å². The minimum atomic E-state index is 0.468. The molecule has 3 aliphatic heterocycles. The Hall–Kier alpha value is -0.880. The van der Waals surface area contributed by atoms with Gasteiger partial charge in [-0.3, -0.25) is 9.88 Å². The second-order valence-corrected chi connectivity index (χ2v) is 7.83. The van der Waals surface area contributed by atoms with E-state index in [1.807, 2.05) is 12.3 Å². The lowest BCUT2D eigenvalue weighted by atomic mass is 9.87. The fourth-order valence-corrected chi connectivity index (χ4v) is 4.21. The van der Waals surface area contributed by atoms with Crippen molar-refractivity contribution in [2.75, 3.05) is 18.0 Å². The van der Waals surface area contributed by atoms with Gasteiger partial charge in [0.25, 0.3) is 0 Å². The molecule has 0 radical (unpaired) electrons. The molecule has 0 aliphatic carbocycles. The third-order valence-electron chi connectivity index (χ3n) is 4.48. The minimum absolute atomic E-state index is 0.468. The van der Waals surface area contributed by atoms with Crippen LogP contribution in [0.2, 0.25) is 10.0 Å². The maximum absolute atomic E-state index is 6.31. The molecule has 3 fully saturated rings. The van der Waals surface area contributed by atoms with Gasteiger partial charge in [-0.2, -0.15) is 0 Å². The maximum atomic E-state index is 6.31. The lowest BCUT2D eigenvalue weighted by molar-refractivity contribution is 0.106. The van der Waals surface area contributed by atoms with Crippen LogP contribution in [0.5, 0.6) is 0 Å². The average Bonchev–Trinajstić information content (AvgIpc) is 2.52. The third-order valence-corrected chi connectivity index (χ3v) is 5.43. The summed E-state index contributed by atoms with van der Waals surface area (Å²) in [6.07, 6.45) is 4.72. The van der Waals surface area contributed by atoms with Gasteiger partial charge < -0.3 is 4.90 Å². The standard InChI is InChI=1S/C16H15BrCl2N4/c17-10-1-2-12(20-5-10)7-22-8-13-4-14(9-22)23(13)16-15(19)3-11(18)6-21-16/h1-3,5-6,13-14H,4,7-9H2. The molecule has 2 bridgehead atoms. The number of piperidine rings is 1. The molecule has 23 heavy (non-hydrogen) atoms. The molecular formula is C16H15BrCl2N4. The molecular weight excluding hydrogens is 399 g/mol. The van der Waals surface area contributed by atoms with Crippen LogP contribution in [0.3, 0.4) is 0 Å². The Morgan fingerprint density at radius 1 is 1.13 bits per heavy atom. The van der Waals surface area contributed by atoms with Gasteiger partial charge in [-0.1, -0.05) is 23.2 Å². The molecule has 5 heterocycles. The Balaban J connectivity index is 1.45. The van der Waals surface area contributed by atoms with Crippen molar-refractivity contribution in [3.05, 3.63) is 50.8 Å². The molecule has 0 amide bonds. The van der Waals surface area contributed by atoms with Crippen molar-refractivity contribution in [2.24, 2.45) is 0 Å². The van der Waals surface area contributed by atoms with E-state index >= 15 is 0 Å². The molecule has 7 heteroatoms. The molecule has 2 aromatic heterocycles. The summed E-state index contributed by atoms with van der Waals surface area (Å²) in [5.41, 5.74) is 1.10. The number of anilines is 1. The highest BCUT2D eigenvalue weighted by Gasteiger charge is 2.45. The van der Waals surface area contributed by atoms with Crippen LogP contribution in [0.4, 0.5) is 5.82 Å². The van der Waals surface area contributed by atoms with Gasteiger partial charge in [-0.15, -0.1) is 0 Å². The molecule has 0 aromatic carbocycles. The zero-order chi connectivity index (χ0) is 16.0. The van der Waals surface area contributed by atoms with Gasteiger partial charge in [0, 0.05) is 48.6 Å². The van der Waals surface area contributed by atoms with Gasteiger partial charge in [-0.25, -0.2) is 4.98 Å². The van der Waals surface area contributed by atoms with E-state index < -0.39 is 0 Å². The molecule has 2 atom stereocenters. The molecule has 0 saturated carbocycles. The quantitative estimate of drug-likeness (QED) is 0.760. The van der Waals surface area contributed by atoms with E-state index in [9.17, 15) is 0 Å². The Labute approximate surface area is 153 Å². The van der Waals surface area contributed by atoms with Crippen LogP contribution in [0, 0.1) is 0 Å². The van der Waals surface area contributed by atoms with Crippen molar-refractivity contribution in [3.8, 4) is 0 Å². The SMILES string of the molecule is Clc1cnc(N2C3CC2CN(Cc2ccc(Br)cn2)C3)c(Cl)c1. The van der Waals surface area contributed by atoms with Crippen LogP contribution >= 0.6 is 39.1 Å². The van der Waals surface area contributed by atoms with Crippen molar-refractivity contribution in [3.63, 3.8) is 0 Å². The maximum Gasteiger partial charge on any atom is 0.148 e. The number of halogens is 3. The average molecular weight is 414 g/mol. The minimum Gasteiger partial charge on any atom is -0.347 e. The number of hydrogen-bond acceptors (Lipinski definition) is 4. The summed E-state index contributed by atoms with van der Waals surface area (Å²) in [5, 5.41) is 1.21. The zero-order valence-corrected chi connectivity index (χ0v) is 15.4. The van der Waals surface area contributed by atoms with Gasteiger partial charge >= 0.3 is 0 Å². The Morgan fingerprint density at radius 2 is 1.91 bits per heavy atom. The number of piperazine rings is 1. The fraction of sp³-hybridized carbons (Fsp3) is 0.375. The van der Waals surface area contributed by atoms with Crippen LogP contribution in [0.1, 0.15) is 12.1 Å². The first-order chi connectivity index (χ1) is 11.1. The number of fused-ring (bicyclic) bond motifs is 2. The van der Waals surface area contributed by atoms with Crippen LogP contribution in [-0.2, 0) is 6.54 Å². The largest absolute Gasteiger partial charge is 0.347 e. The molecule has 0 N–H and O–H groups in total. The first-order valence-electron chi connectivity index (χ1n) is 7.52. The van der Waals surface area contributed by atoms with Gasteiger partial charge in [0.2, 0.25) is 0 Å². The lowest BCUT2D eigenvalue weighted by Crippen LogP contribution is -2.69. The molecule has 2 unspecified atom stereocenters.